The van der Waals surface area contributed by atoms with Crippen LogP contribution in [0.15, 0.2) is 72.3 Å². The van der Waals surface area contributed by atoms with Crippen molar-refractivity contribution in [2.24, 2.45) is 0 Å². The van der Waals surface area contributed by atoms with E-state index in [4.69, 9.17) is 9.47 Å². The molecule has 0 radical (unpaired) electrons. The van der Waals surface area contributed by atoms with Crippen molar-refractivity contribution >= 4 is 23.1 Å². The van der Waals surface area contributed by atoms with Gasteiger partial charge in [0.25, 0.3) is 11.7 Å². The van der Waals surface area contributed by atoms with E-state index < -0.39 is 17.7 Å². The smallest absolute Gasteiger partial charge is 0.300 e. The molecular weight excluding hydrogens is 430 g/mol. The molecule has 6 nitrogen and oxygen atoms in total. The van der Waals surface area contributed by atoms with Gasteiger partial charge in [-0.2, -0.15) is 0 Å². The summed E-state index contributed by atoms with van der Waals surface area (Å²) in [5, 5.41) is 11.4. The van der Waals surface area contributed by atoms with Crippen molar-refractivity contribution in [1.29, 1.82) is 0 Å². The van der Waals surface area contributed by atoms with E-state index in [-0.39, 0.29) is 11.3 Å². The molecule has 1 amide bonds. The predicted molar refractivity (Wildman–Crippen MR) is 131 cm³/mol. The Labute approximate surface area is 199 Å². The van der Waals surface area contributed by atoms with Crippen molar-refractivity contribution in [1.82, 2.24) is 0 Å². The second kappa shape index (κ2) is 9.43. The van der Waals surface area contributed by atoms with Gasteiger partial charge in [-0.15, -0.1) is 0 Å². The van der Waals surface area contributed by atoms with Gasteiger partial charge in [0, 0.05) is 16.8 Å². The molecule has 1 aliphatic heterocycles. The number of aliphatic hydroxyl groups excluding tert-OH is 1. The van der Waals surface area contributed by atoms with E-state index in [2.05, 4.69) is 0 Å². The number of carbonyl (C=O) groups is 2. The molecule has 1 heterocycles. The number of aryl methyl sites for hydroxylation is 2. The van der Waals surface area contributed by atoms with Gasteiger partial charge in [-0.1, -0.05) is 42.5 Å². The predicted octanol–water partition coefficient (Wildman–Crippen LogP) is 5.34. The molecule has 4 rings (SSSR count). The number of ether oxygens (including phenoxy) is 2. The molecule has 34 heavy (non-hydrogen) atoms. The summed E-state index contributed by atoms with van der Waals surface area (Å²) < 4.78 is 11.1. The third-order valence-corrected chi connectivity index (χ3v) is 5.92. The maximum absolute atomic E-state index is 13.4. The molecule has 3 aromatic carbocycles. The SMILES string of the molecule is CCOc1cccc(/C(O)=C2\C(=O)C(=O)N(c3cc(C)ccc3C)C2c2ccccc2OC)c1. The number of methoxy groups -OCH3 is 1. The summed E-state index contributed by atoms with van der Waals surface area (Å²) in [6.07, 6.45) is 0. The minimum atomic E-state index is -0.868. The summed E-state index contributed by atoms with van der Waals surface area (Å²) in [6.45, 7) is 6.14. The molecule has 1 fully saturated rings. The Morgan fingerprint density at radius 2 is 1.76 bits per heavy atom. The Bertz CT molecular complexity index is 1290. The van der Waals surface area contributed by atoms with E-state index in [1.165, 1.54) is 12.0 Å². The van der Waals surface area contributed by atoms with Gasteiger partial charge in [0.05, 0.1) is 25.3 Å². The first-order chi connectivity index (χ1) is 16.4. The second-order valence-electron chi connectivity index (χ2n) is 8.16. The quantitative estimate of drug-likeness (QED) is 0.307. The Morgan fingerprint density at radius 1 is 1.00 bits per heavy atom. The first-order valence-electron chi connectivity index (χ1n) is 11.1. The Balaban J connectivity index is 1.99. The van der Waals surface area contributed by atoms with Crippen LogP contribution >= 0.6 is 0 Å². The molecule has 1 unspecified atom stereocenters. The zero-order chi connectivity index (χ0) is 24.4. The van der Waals surface area contributed by atoms with Crippen LogP contribution in [-0.4, -0.2) is 30.5 Å². The van der Waals surface area contributed by atoms with E-state index >= 15 is 0 Å². The highest BCUT2D eigenvalue weighted by molar-refractivity contribution is 6.51. The highest BCUT2D eigenvalue weighted by atomic mass is 16.5. The summed E-state index contributed by atoms with van der Waals surface area (Å²) in [5.74, 6) is -0.644. The van der Waals surface area contributed by atoms with Crippen molar-refractivity contribution in [3.63, 3.8) is 0 Å². The van der Waals surface area contributed by atoms with Gasteiger partial charge in [0.15, 0.2) is 0 Å². The molecule has 0 bridgehead atoms. The van der Waals surface area contributed by atoms with E-state index in [0.717, 1.165) is 11.1 Å². The first kappa shape index (κ1) is 23.1. The molecule has 1 saturated heterocycles. The summed E-state index contributed by atoms with van der Waals surface area (Å²) in [4.78, 5) is 28.3. The number of benzene rings is 3. The van der Waals surface area contributed by atoms with Crippen LogP contribution in [0.25, 0.3) is 5.76 Å². The number of Topliss-reactive ketones (excluding diaryl/α,β-unsaturated/α-hetero) is 1. The van der Waals surface area contributed by atoms with Crippen molar-refractivity contribution in [2.75, 3.05) is 18.6 Å². The highest BCUT2D eigenvalue weighted by Crippen LogP contribution is 2.45. The van der Waals surface area contributed by atoms with Crippen LogP contribution in [-0.2, 0) is 9.59 Å². The maximum atomic E-state index is 13.4. The first-order valence-corrected chi connectivity index (χ1v) is 11.1. The highest BCUT2D eigenvalue weighted by Gasteiger charge is 2.48. The largest absolute Gasteiger partial charge is 0.507 e. The van der Waals surface area contributed by atoms with E-state index in [1.54, 1.807) is 36.4 Å². The van der Waals surface area contributed by atoms with Gasteiger partial charge in [0.2, 0.25) is 0 Å². The third-order valence-electron chi connectivity index (χ3n) is 5.92. The van der Waals surface area contributed by atoms with E-state index in [9.17, 15) is 14.7 Å². The zero-order valence-electron chi connectivity index (χ0n) is 19.7. The number of hydrogen-bond donors (Lipinski definition) is 1. The molecular formula is C28H27NO5. The number of amides is 1. The summed E-state index contributed by atoms with van der Waals surface area (Å²) in [5.41, 5.74) is 3.40. The molecule has 0 saturated carbocycles. The molecule has 0 aromatic heterocycles. The average molecular weight is 458 g/mol. The zero-order valence-corrected chi connectivity index (χ0v) is 19.7. The van der Waals surface area contributed by atoms with Gasteiger partial charge in [0.1, 0.15) is 17.3 Å². The summed E-state index contributed by atoms with van der Waals surface area (Å²) in [6, 6.07) is 18.9. The molecule has 1 N–H and O–H groups in total. The molecule has 0 spiro atoms. The monoisotopic (exact) mass is 457 g/mol. The number of anilines is 1. The standard InChI is InChI=1S/C28H27NO5/c1-5-34-20-10-8-9-19(16-20)26(30)24-25(21-11-6-7-12-23(21)33-4)29(28(32)27(24)31)22-15-17(2)13-14-18(22)3/h6-16,25,30H,5H2,1-4H3/b26-24+. The average Bonchev–Trinajstić information content (AvgIpc) is 3.10. The lowest BCUT2D eigenvalue weighted by Gasteiger charge is -2.28. The van der Waals surface area contributed by atoms with Crippen molar-refractivity contribution in [3.05, 3.63) is 94.6 Å². The van der Waals surface area contributed by atoms with E-state index in [0.29, 0.717) is 34.9 Å². The Hall–Kier alpha value is -4.06. The van der Waals surface area contributed by atoms with Crippen LogP contribution in [0.4, 0.5) is 5.69 Å². The lowest BCUT2D eigenvalue weighted by Crippen LogP contribution is -2.30. The summed E-state index contributed by atoms with van der Waals surface area (Å²) in [7, 11) is 1.54. The topological polar surface area (TPSA) is 76.1 Å². The van der Waals surface area contributed by atoms with Crippen LogP contribution in [0.3, 0.4) is 0 Å². The minimum Gasteiger partial charge on any atom is -0.507 e. The Morgan fingerprint density at radius 3 is 2.50 bits per heavy atom. The third kappa shape index (κ3) is 4.03. The van der Waals surface area contributed by atoms with Gasteiger partial charge in [-0.05, 0) is 56.2 Å². The minimum absolute atomic E-state index is 0.00375. The van der Waals surface area contributed by atoms with Gasteiger partial charge in [-0.25, -0.2) is 0 Å². The van der Waals surface area contributed by atoms with E-state index in [1.807, 2.05) is 51.1 Å². The lowest BCUT2D eigenvalue weighted by atomic mass is 9.94. The molecule has 0 aliphatic carbocycles. The van der Waals surface area contributed by atoms with Crippen LogP contribution in [0.1, 0.15) is 35.2 Å². The Kier molecular flexibility index (Phi) is 6.41. The maximum Gasteiger partial charge on any atom is 0.300 e. The van der Waals surface area contributed by atoms with Crippen LogP contribution in [0.5, 0.6) is 11.5 Å². The normalized spacial score (nSPS) is 17.2. The number of para-hydroxylation sites is 1. The van der Waals surface area contributed by atoms with Crippen LogP contribution in [0, 0.1) is 13.8 Å². The lowest BCUT2D eigenvalue weighted by molar-refractivity contribution is -0.132. The molecule has 1 atom stereocenters. The van der Waals surface area contributed by atoms with Crippen molar-refractivity contribution in [3.8, 4) is 11.5 Å². The van der Waals surface area contributed by atoms with Crippen molar-refractivity contribution in [2.45, 2.75) is 26.8 Å². The van der Waals surface area contributed by atoms with Crippen molar-refractivity contribution < 1.29 is 24.2 Å². The van der Waals surface area contributed by atoms with Crippen LogP contribution in [0.2, 0.25) is 0 Å². The number of nitrogens with zero attached hydrogens (tertiary/aromatic N) is 1. The van der Waals surface area contributed by atoms with Gasteiger partial charge in [-0.3, -0.25) is 14.5 Å². The number of hydrogen-bond acceptors (Lipinski definition) is 5. The van der Waals surface area contributed by atoms with Gasteiger partial charge < -0.3 is 14.6 Å². The second-order valence-corrected chi connectivity index (χ2v) is 8.16. The molecule has 1 aliphatic rings. The fourth-order valence-electron chi connectivity index (χ4n) is 4.30. The summed E-state index contributed by atoms with van der Waals surface area (Å²) >= 11 is 0. The number of rotatable bonds is 6. The number of ketones is 1. The molecule has 6 heteroatoms. The number of aliphatic hydroxyl groups is 1. The number of carbonyl (C=O) groups excluding carboxylic acids is 2. The molecule has 174 valence electrons. The fraction of sp³-hybridized carbons (Fsp3) is 0.214. The molecule has 3 aromatic rings. The van der Waals surface area contributed by atoms with Gasteiger partial charge >= 0.3 is 0 Å². The fourth-order valence-corrected chi connectivity index (χ4v) is 4.30. The van der Waals surface area contributed by atoms with Crippen LogP contribution < -0.4 is 14.4 Å².